The Balaban J connectivity index is 1.56. The maximum Gasteiger partial charge on any atom is 0.277 e. The number of likely N-dealkylation sites (tertiary alicyclic amines) is 1. The van der Waals surface area contributed by atoms with E-state index in [1.54, 1.807) is 12.1 Å². The molecule has 2 aromatic rings. The van der Waals surface area contributed by atoms with Crippen molar-refractivity contribution in [2.75, 3.05) is 19.6 Å². The Labute approximate surface area is 189 Å². The summed E-state index contributed by atoms with van der Waals surface area (Å²) in [5.41, 5.74) is 3.23. The molecule has 0 radical (unpaired) electrons. The summed E-state index contributed by atoms with van der Waals surface area (Å²) in [7, 11) is 0. The van der Waals surface area contributed by atoms with Gasteiger partial charge in [0.25, 0.3) is 11.8 Å². The maximum atomic E-state index is 13.3. The minimum atomic E-state index is -0.179. The largest absolute Gasteiger partial charge is 0.366 e. The number of rotatable bonds is 7. The molecule has 162 valence electrons. The highest BCUT2D eigenvalue weighted by Gasteiger charge is 2.41. The van der Waals surface area contributed by atoms with Crippen LogP contribution in [0.2, 0.25) is 5.02 Å². The van der Waals surface area contributed by atoms with E-state index in [0.29, 0.717) is 28.8 Å². The molecule has 0 saturated carbocycles. The number of carbonyl (C=O) groups excluding carboxylic acids is 2. The van der Waals surface area contributed by atoms with E-state index < -0.39 is 0 Å². The number of halogens is 1. The Hall–Kier alpha value is -2.59. The molecule has 1 saturated heterocycles. The molecule has 2 heterocycles. The average Bonchev–Trinajstić information content (AvgIpc) is 3.04. The van der Waals surface area contributed by atoms with E-state index in [-0.39, 0.29) is 11.8 Å². The molecule has 0 bridgehead atoms. The second-order valence-electron chi connectivity index (χ2n) is 8.47. The topological polar surface area (TPSA) is 40.6 Å². The maximum absolute atomic E-state index is 13.3. The number of piperidine rings is 1. The molecular formula is C26H29ClN2O2. The van der Waals surface area contributed by atoms with Gasteiger partial charge in [0.1, 0.15) is 5.70 Å². The fourth-order valence-electron chi connectivity index (χ4n) is 4.56. The van der Waals surface area contributed by atoms with Crippen molar-refractivity contribution in [3.63, 3.8) is 0 Å². The van der Waals surface area contributed by atoms with Gasteiger partial charge in [-0.2, -0.15) is 0 Å². The molecule has 4 rings (SSSR count). The summed E-state index contributed by atoms with van der Waals surface area (Å²) in [4.78, 5) is 30.1. The third-order valence-corrected chi connectivity index (χ3v) is 6.56. The van der Waals surface area contributed by atoms with E-state index in [2.05, 4.69) is 36.1 Å². The molecule has 2 amide bonds. The van der Waals surface area contributed by atoms with Gasteiger partial charge < -0.3 is 4.90 Å². The number of carbonyl (C=O) groups is 2. The highest BCUT2D eigenvalue weighted by atomic mass is 35.5. The number of unbranched alkanes of at least 4 members (excludes halogenated alkanes) is 1. The van der Waals surface area contributed by atoms with Crippen LogP contribution in [0.3, 0.4) is 0 Å². The van der Waals surface area contributed by atoms with Gasteiger partial charge in [0.2, 0.25) is 0 Å². The number of hydrogen-bond donors (Lipinski definition) is 0. The molecule has 0 unspecified atom stereocenters. The van der Waals surface area contributed by atoms with Crippen LogP contribution in [-0.2, 0) is 16.0 Å². The molecule has 0 aromatic heterocycles. The van der Waals surface area contributed by atoms with Crippen molar-refractivity contribution in [2.45, 2.75) is 39.0 Å². The minimum absolute atomic E-state index is 0.148. The van der Waals surface area contributed by atoms with E-state index in [4.69, 9.17) is 11.6 Å². The second kappa shape index (κ2) is 9.69. The predicted molar refractivity (Wildman–Crippen MR) is 124 cm³/mol. The quantitative estimate of drug-likeness (QED) is 0.562. The van der Waals surface area contributed by atoms with Crippen molar-refractivity contribution in [3.05, 3.63) is 76.4 Å². The Morgan fingerprint density at radius 3 is 2.26 bits per heavy atom. The van der Waals surface area contributed by atoms with Crippen LogP contribution in [0.4, 0.5) is 0 Å². The summed E-state index contributed by atoms with van der Waals surface area (Å²) in [6.45, 7) is 4.13. The zero-order valence-electron chi connectivity index (χ0n) is 18.0. The van der Waals surface area contributed by atoms with Gasteiger partial charge in [-0.25, -0.2) is 0 Å². The Morgan fingerprint density at radius 2 is 1.61 bits per heavy atom. The first-order valence-electron chi connectivity index (χ1n) is 11.2. The standard InChI is InChI=1S/C26H29ClN2O2/c1-2-3-15-29-25(30)23(21-9-11-22(27)12-10-21)24(26(29)31)28-16-13-20(14-17-28)18-19-7-5-4-6-8-19/h4-12,20H,2-3,13-18H2,1H3. The van der Waals surface area contributed by atoms with Crippen LogP contribution in [0.15, 0.2) is 60.3 Å². The van der Waals surface area contributed by atoms with Gasteiger partial charge in [0.15, 0.2) is 0 Å². The highest BCUT2D eigenvalue weighted by Crippen LogP contribution is 2.35. The lowest BCUT2D eigenvalue weighted by Gasteiger charge is -2.34. The van der Waals surface area contributed by atoms with Gasteiger partial charge >= 0.3 is 0 Å². The zero-order chi connectivity index (χ0) is 21.8. The van der Waals surface area contributed by atoms with Gasteiger partial charge in [0, 0.05) is 24.7 Å². The summed E-state index contributed by atoms with van der Waals surface area (Å²) in [6, 6.07) is 17.8. The SMILES string of the molecule is CCCCN1C(=O)C(c2ccc(Cl)cc2)=C(N2CCC(Cc3ccccc3)CC2)C1=O. The number of benzene rings is 2. The predicted octanol–water partition coefficient (Wildman–Crippen LogP) is 5.17. The first-order chi connectivity index (χ1) is 15.1. The van der Waals surface area contributed by atoms with Crippen LogP contribution in [0.1, 0.15) is 43.7 Å². The van der Waals surface area contributed by atoms with Crippen LogP contribution in [-0.4, -0.2) is 41.2 Å². The molecular weight excluding hydrogens is 408 g/mol. The summed E-state index contributed by atoms with van der Waals surface area (Å²) in [5, 5.41) is 0.618. The van der Waals surface area contributed by atoms with Crippen LogP contribution < -0.4 is 0 Å². The number of nitrogens with zero attached hydrogens (tertiary/aromatic N) is 2. The lowest BCUT2D eigenvalue weighted by Crippen LogP contribution is -2.39. The van der Waals surface area contributed by atoms with Gasteiger partial charge in [-0.1, -0.05) is 67.4 Å². The van der Waals surface area contributed by atoms with Gasteiger partial charge in [-0.15, -0.1) is 0 Å². The molecule has 31 heavy (non-hydrogen) atoms. The summed E-state index contributed by atoms with van der Waals surface area (Å²) >= 11 is 6.06. The van der Waals surface area contributed by atoms with E-state index >= 15 is 0 Å². The van der Waals surface area contributed by atoms with Crippen LogP contribution in [0, 0.1) is 5.92 Å². The Kier molecular flexibility index (Phi) is 6.77. The molecule has 1 fully saturated rings. The third kappa shape index (κ3) is 4.69. The van der Waals surface area contributed by atoms with E-state index in [1.807, 2.05) is 18.2 Å². The smallest absolute Gasteiger partial charge is 0.277 e. The van der Waals surface area contributed by atoms with E-state index in [9.17, 15) is 9.59 Å². The van der Waals surface area contributed by atoms with Gasteiger partial charge in [-0.3, -0.25) is 14.5 Å². The van der Waals surface area contributed by atoms with Crippen molar-refractivity contribution in [2.24, 2.45) is 5.92 Å². The molecule has 0 aliphatic carbocycles. The molecule has 0 atom stereocenters. The lowest BCUT2D eigenvalue weighted by molar-refractivity contribution is -0.137. The monoisotopic (exact) mass is 436 g/mol. The summed E-state index contributed by atoms with van der Waals surface area (Å²) < 4.78 is 0. The summed E-state index contributed by atoms with van der Waals surface area (Å²) in [5.74, 6) is 0.272. The summed E-state index contributed by atoms with van der Waals surface area (Å²) in [6.07, 6.45) is 4.85. The third-order valence-electron chi connectivity index (χ3n) is 6.31. The number of hydrogen-bond acceptors (Lipinski definition) is 3. The molecule has 4 nitrogen and oxygen atoms in total. The van der Waals surface area contributed by atoms with Crippen LogP contribution >= 0.6 is 11.6 Å². The van der Waals surface area contributed by atoms with Crippen LogP contribution in [0.25, 0.3) is 5.57 Å². The Bertz CT molecular complexity index is 961. The van der Waals surface area contributed by atoms with Crippen molar-refractivity contribution < 1.29 is 9.59 Å². The molecule has 0 spiro atoms. The second-order valence-corrected chi connectivity index (χ2v) is 8.90. The molecule has 2 aliphatic heterocycles. The Morgan fingerprint density at radius 1 is 0.935 bits per heavy atom. The van der Waals surface area contributed by atoms with Crippen molar-refractivity contribution in [3.8, 4) is 0 Å². The molecule has 0 N–H and O–H groups in total. The molecule has 2 aliphatic rings. The first-order valence-corrected chi connectivity index (χ1v) is 11.6. The zero-order valence-corrected chi connectivity index (χ0v) is 18.8. The fourth-order valence-corrected chi connectivity index (χ4v) is 4.69. The highest BCUT2D eigenvalue weighted by molar-refractivity contribution is 6.36. The van der Waals surface area contributed by atoms with Crippen molar-refractivity contribution >= 4 is 29.0 Å². The van der Waals surface area contributed by atoms with E-state index in [0.717, 1.165) is 50.8 Å². The molecule has 2 aromatic carbocycles. The van der Waals surface area contributed by atoms with Crippen molar-refractivity contribution in [1.29, 1.82) is 0 Å². The first kappa shape index (κ1) is 21.6. The lowest BCUT2D eigenvalue weighted by atomic mass is 9.89. The molecule has 5 heteroatoms. The minimum Gasteiger partial charge on any atom is -0.366 e. The number of imide groups is 1. The average molecular weight is 437 g/mol. The fraction of sp³-hybridized carbons (Fsp3) is 0.385. The van der Waals surface area contributed by atoms with Gasteiger partial charge in [0.05, 0.1) is 5.57 Å². The van der Waals surface area contributed by atoms with Gasteiger partial charge in [-0.05, 0) is 54.9 Å². The van der Waals surface area contributed by atoms with E-state index in [1.165, 1.54) is 10.5 Å². The van der Waals surface area contributed by atoms with Crippen LogP contribution in [0.5, 0.6) is 0 Å². The number of amides is 2. The van der Waals surface area contributed by atoms with Crippen molar-refractivity contribution in [1.82, 2.24) is 9.80 Å². The normalized spacial score (nSPS) is 17.7.